The SMILES string of the molecule is CCCCN=C(N)C(=CN)C(N)=O. The maximum absolute atomic E-state index is 10.7. The quantitative estimate of drug-likeness (QED) is 0.231. The summed E-state index contributed by atoms with van der Waals surface area (Å²) in [5, 5.41) is 0. The molecular formula is C8H16N4O. The Morgan fingerprint density at radius 2 is 2.08 bits per heavy atom. The van der Waals surface area contributed by atoms with Crippen LogP contribution in [0.1, 0.15) is 19.8 Å². The van der Waals surface area contributed by atoms with E-state index in [4.69, 9.17) is 17.2 Å². The van der Waals surface area contributed by atoms with Gasteiger partial charge >= 0.3 is 0 Å². The zero-order valence-electron chi connectivity index (χ0n) is 7.79. The molecule has 5 nitrogen and oxygen atoms in total. The lowest BCUT2D eigenvalue weighted by Gasteiger charge is -2.00. The lowest BCUT2D eigenvalue weighted by molar-refractivity contribution is -0.114. The Morgan fingerprint density at radius 1 is 1.46 bits per heavy atom. The minimum atomic E-state index is -0.653. The number of aliphatic imine (C=N–C) groups is 1. The molecule has 13 heavy (non-hydrogen) atoms. The number of primary amides is 1. The highest BCUT2D eigenvalue weighted by Gasteiger charge is 2.07. The van der Waals surface area contributed by atoms with Gasteiger partial charge in [0.1, 0.15) is 5.84 Å². The average Bonchev–Trinajstić information content (AvgIpc) is 2.05. The zero-order chi connectivity index (χ0) is 10.3. The Labute approximate surface area is 77.7 Å². The van der Waals surface area contributed by atoms with Crippen LogP contribution in [0.4, 0.5) is 0 Å². The van der Waals surface area contributed by atoms with Crippen LogP contribution in [0.5, 0.6) is 0 Å². The van der Waals surface area contributed by atoms with Crippen LogP contribution in [-0.4, -0.2) is 18.3 Å². The summed E-state index contributed by atoms with van der Waals surface area (Å²) in [5.41, 5.74) is 15.7. The number of amides is 1. The fourth-order valence-corrected chi connectivity index (χ4v) is 0.737. The summed E-state index contributed by atoms with van der Waals surface area (Å²) in [4.78, 5) is 14.7. The van der Waals surface area contributed by atoms with Crippen molar-refractivity contribution in [2.75, 3.05) is 6.54 Å². The predicted molar refractivity (Wildman–Crippen MR) is 52.9 cm³/mol. The molecular weight excluding hydrogens is 168 g/mol. The van der Waals surface area contributed by atoms with E-state index >= 15 is 0 Å². The van der Waals surface area contributed by atoms with E-state index in [2.05, 4.69) is 4.99 Å². The molecule has 0 rings (SSSR count). The molecule has 0 saturated carbocycles. The molecule has 0 unspecified atom stereocenters. The highest BCUT2D eigenvalue weighted by molar-refractivity contribution is 6.19. The Bertz CT molecular complexity index is 232. The number of nitrogens with zero attached hydrogens (tertiary/aromatic N) is 1. The monoisotopic (exact) mass is 184 g/mol. The van der Waals surface area contributed by atoms with Crippen molar-refractivity contribution in [3.05, 3.63) is 11.8 Å². The van der Waals surface area contributed by atoms with Crippen LogP contribution in [0, 0.1) is 0 Å². The summed E-state index contributed by atoms with van der Waals surface area (Å²) < 4.78 is 0. The van der Waals surface area contributed by atoms with Crippen molar-refractivity contribution in [1.82, 2.24) is 0 Å². The lowest BCUT2D eigenvalue weighted by atomic mass is 10.2. The van der Waals surface area contributed by atoms with Gasteiger partial charge in [0, 0.05) is 12.7 Å². The van der Waals surface area contributed by atoms with Gasteiger partial charge in [-0.3, -0.25) is 9.79 Å². The molecule has 0 radical (unpaired) electrons. The molecule has 0 heterocycles. The molecule has 74 valence electrons. The average molecular weight is 184 g/mol. The first-order chi connectivity index (χ1) is 6.13. The van der Waals surface area contributed by atoms with Gasteiger partial charge in [-0.25, -0.2) is 0 Å². The number of carbonyl (C=O) groups is 1. The third-order valence-electron chi connectivity index (χ3n) is 1.50. The van der Waals surface area contributed by atoms with E-state index in [1.165, 1.54) is 0 Å². The number of unbranched alkanes of at least 4 members (excludes halogenated alkanes) is 1. The number of hydrogen-bond donors (Lipinski definition) is 3. The molecule has 6 N–H and O–H groups in total. The number of carbonyl (C=O) groups excluding carboxylic acids is 1. The first-order valence-corrected chi connectivity index (χ1v) is 4.15. The van der Waals surface area contributed by atoms with Crippen molar-refractivity contribution >= 4 is 11.7 Å². The maximum atomic E-state index is 10.7. The van der Waals surface area contributed by atoms with Crippen LogP contribution in [0.2, 0.25) is 0 Å². The Balaban J connectivity index is 4.29. The first kappa shape index (κ1) is 11.5. The van der Waals surface area contributed by atoms with Gasteiger partial charge in [0.15, 0.2) is 0 Å². The fraction of sp³-hybridized carbons (Fsp3) is 0.500. The van der Waals surface area contributed by atoms with Gasteiger partial charge in [0.05, 0.1) is 5.57 Å². The standard InChI is InChI=1S/C8H16N4O/c1-2-3-4-12-7(10)6(5-9)8(11)13/h5H,2-4,9H2,1H3,(H2,10,12)(H2,11,13). The summed E-state index contributed by atoms with van der Waals surface area (Å²) in [5.74, 6) is -0.538. The molecule has 0 atom stereocenters. The van der Waals surface area contributed by atoms with Gasteiger partial charge in [-0.1, -0.05) is 13.3 Å². The summed E-state index contributed by atoms with van der Waals surface area (Å²) in [6, 6.07) is 0. The van der Waals surface area contributed by atoms with Crippen LogP contribution >= 0.6 is 0 Å². The number of amidine groups is 1. The summed E-state index contributed by atoms with van der Waals surface area (Å²) in [6.45, 7) is 2.63. The van der Waals surface area contributed by atoms with Gasteiger partial charge in [0.2, 0.25) is 0 Å². The number of nitrogens with two attached hydrogens (primary N) is 3. The van der Waals surface area contributed by atoms with Crippen molar-refractivity contribution in [3.8, 4) is 0 Å². The second-order valence-electron chi connectivity index (χ2n) is 2.57. The highest BCUT2D eigenvalue weighted by Crippen LogP contribution is 1.93. The number of hydrogen-bond acceptors (Lipinski definition) is 3. The van der Waals surface area contributed by atoms with E-state index < -0.39 is 5.91 Å². The molecule has 0 aromatic carbocycles. The molecule has 0 bridgehead atoms. The molecule has 0 aromatic heterocycles. The van der Waals surface area contributed by atoms with Crippen LogP contribution in [-0.2, 0) is 4.79 Å². The highest BCUT2D eigenvalue weighted by atomic mass is 16.1. The zero-order valence-corrected chi connectivity index (χ0v) is 7.79. The van der Waals surface area contributed by atoms with Crippen molar-refractivity contribution in [1.29, 1.82) is 0 Å². The smallest absolute Gasteiger partial charge is 0.253 e. The van der Waals surface area contributed by atoms with E-state index in [1.807, 2.05) is 6.92 Å². The van der Waals surface area contributed by atoms with Crippen LogP contribution < -0.4 is 17.2 Å². The molecule has 0 spiro atoms. The van der Waals surface area contributed by atoms with Gasteiger partial charge < -0.3 is 17.2 Å². The van der Waals surface area contributed by atoms with Crippen LogP contribution in [0.15, 0.2) is 16.8 Å². The van der Waals surface area contributed by atoms with Crippen molar-refractivity contribution in [3.63, 3.8) is 0 Å². The fourth-order valence-electron chi connectivity index (χ4n) is 0.737. The topological polar surface area (TPSA) is 107 Å². The van der Waals surface area contributed by atoms with Crippen molar-refractivity contribution in [2.24, 2.45) is 22.2 Å². The molecule has 0 aliphatic carbocycles. The summed E-state index contributed by atoms with van der Waals surface area (Å²) in [7, 11) is 0. The summed E-state index contributed by atoms with van der Waals surface area (Å²) >= 11 is 0. The first-order valence-electron chi connectivity index (χ1n) is 4.15. The Hall–Kier alpha value is -1.52. The third kappa shape index (κ3) is 4.15. The predicted octanol–water partition coefficient (Wildman–Crippen LogP) is -0.528. The van der Waals surface area contributed by atoms with Gasteiger partial charge in [-0.15, -0.1) is 0 Å². The molecule has 5 heteroatoms. The molecule has 0 aliphatic heterocycles. The molecule has 0 aliphatic rings. The van der Waals surface area contributed by atoms with Gasteiger partial charge in [-0.05, 0) is 6.42 Å². The van der Waals surface area contributed by atoms with Gasteiger partial charge in [0.25, 0.3) is 5.91 Å². The van der Waals surface area contributed by atoms with Crippen molar-refractivity contribution in [2.45, 2.75) is 19.8 Å². The van der Waals surface area contributed by atoms with Crippen LogP contribution in [0.3, 0.4) is 0 Å². The van der Waals surface area contributed by atoms with Crippen molar-refractivity contribution < 1.29 is 4.79 Å². The van der Waals surface area contributed by atoms with Crippen LogP contribution in [0.25, 0.3) is 0 Å². The molecule has 1 amide bonds. The van der Waals surface area contributed by atoms with Gasteiger partial charge in [-0.2, -0.15) is 0 Å². The van der Waals surface area contributed by atoms with E-state index in [1.54, 1.807) is 0 Å². The Morgan fingerprint density at radius 3 is 2.46 bits per heavy atom. The molecule has 0 saturated heterocycles. The van der Waals surface area contributed by atoms with E-state index in [0.29, 0.717) is 6.54 Å². The second kappa shape index (κ2) is 6.05. The largest absolute Gasteiger partial charge is 0.404 e. The van der Waals surface area contributed by atoms with E-state index in [9.17, 15) is 4.79 Å². The summed E-state index contributed by atoms with van der Waals surface area (Å²) in [6.07, 6.45) is 3.03. The van der Waals surface area contributed by atoms with E-state index in [0.717, 1.165) is 19.0 Å². The maximum Gasteiger partial charge on any atom is 0.253 e. The second-order valence-corrected chi connectivity index (χ2v) is 2.57. The normalized spacial score (nSPS) is 13.0. The molecule has 0 aromatic rings. The third-order valence-corrected chi connectivity index (χ3v) is 1.50. The lowest BCUT2D eigenvalue weighted by Crippen LogP contribution is -2.27. The Kier molecular flexibility index (Phi) is 5.34. The number of rotatable bonds is 5. The molecule has 0 fully saturated rings. The minimum absolute atomic E-state index is 0.0797. The van der Waals surface area contributed by atoms with E-state index in [-0.39, 0.29) is 11.4 Å². The minimum Gasteiger partial charge on any atom is -0.404 e.